The third-order valence-electron chi connectivity index (χ3n) is 2.84. The molecular weight excluding hydrogens is 266 g/mol. The Bertz CT molecular complexity index is 522. The van der Waals surface area contributed by atoms with Gasteiger partial charge in [0.25, 0.3) is 0 Å². The third-order valence-corrected chi connectivity index (χ3v) is 2.84. The van der Waals surface area contributed by atoms with E-state index in [0.717, 1.165) is 36.8 Å². The van der Waals surface area contributed by atoms with Gasteiger partial charge in [-0.15, -0.1) is 0 Å². The van der Waals surface area contributed by atoms with Gasteiger partial charge in [0, 0.05) is 0 Å². The van der Waals surface area contributed by atoms with E-state index in [0.29, 0.717) is 0 Å². The number of nitrogens with two attached hydrogens (primary N) is 1. The lowest BCUT2D eigenvalue weighted by Gasteiger charge is -2.02. The van der Waals surface area contributed by atoms with Crippen molar-refractivity contribution in [3.05, 3.63) is 41.5 Å². The van der Waals surface area contributed by atoms with Gasteiger partial charge in [-0.1, -0.05) is 56.2 Å². The number of unbranched alkanes of at least 4 members (excludes halogenated alkanes) is 2. The molecule has 5 nitrogen and oxygen atoms in total. The zero-order chi connectivity index (χ0) is 15.5. The summed E-state index contributed by atoms with van der Waals surface area (Å²) >= 11 is 0. The van der Waals surface area contributed by atoms with Crippen molar-refractivity contribution >= 4 is 24.1 Å². The third kappa shape index (κ3) is 7.06. The summed E-state index contributed by atoms with van der Waals surface area (Å²) < 4.78 is 0. The van der Waals surface area contributed by atoms with Gasteiger partial charge in [0.15, 0.2) is 0 Å². The first-order chi connectivity index (χ1) is 10.1. The Labute approximate surface area is 124 Å². The van der Waals surface area contributed by atoms with Gasteiger partial charge in [-0.3, -0.25) is 9.59 Å². The van der Waals surface area contributed by atoms with E-state index in [1.54, 1.807) is 6.21 Å². The van der Waals surface area contributed by atoms with Gasteiger partial charge < -0.3 is 5.73 Å². The number of amides is 2. The Hall–Kier alpha value is -2.43. The minimum atomic E-state index is -1.05. The lowest BCUT2D eigenvalue weighted by molar-refractivity contribution is -0.137. The normalized spacial score (nSPS) is 11.6. The minimum absolute atomic E-state index is 0.860. The predicted molar refractivity (Wildman–Crippen MR) is 84.4 cm³/mol. The molecule has 0 spiro atoms. The van der Waals surface area contributed by atoms with Crippen LogP contribution < -0.4 is 11.2 Å². The van der Waals surface area contributed by atoms with E-state index in [-0.39, 0.29) is 0 Å². The molecule has 1 rings (SSSR count). The number of rotatable bonds is 7. The minimum Gasteiger partial charge on any atom is -0.361 e. The summed E-state index contributed by atoms with van der Waals surface area (Å²) in [5.41, 5.74) is 8.99. The van der Waals surface area contributed by atoms with Crippen LogP contribution in [-0.4, -0.2) is 18.0 Å². The SMILES string of the molecule is CCCCCC(/C=N/NC(=O)C(N)=O)=C\c1ccccc1. The van der Waals surface area contributed by atoms with Gasteiger partial charge >= 0.3 is 11.8 Å². The molecule has 0 radical (unpaired) electrons. The topological polar surface area (TPSA) is 84.6 Å². The van der Waals surface area contributed by atoms with Gasteiger partial charge in [-0.05, 0) is 24.0 Å². The number of nitrogens with one attached hydrogen (secondary N) is 1. The van der Waals surface area contributed by atoms with E-state index in [2.05, 4.69) is 17.5 Å². The van der Waals surface area contributed by atoms with Crippen molar-refractivity contribution in [2.45, 2.75) is 32.6 Å². The maximum atomic E-state index is 11.0. The summed E-state index contributed by atoms with van der Waals surface area (Å²) in [4.78, 5) is 21.6. The Morgan fingerprint density at radius 2 is 1.95 bits per heavy atom. The van der Waals surface area contributed by atoms with Crippen molar-refractivity contribution in [3.8, 4) is 0 Å². The highest BCUT2D eigenvalue weighted by atomic mass is 16.2. The maximum Gasteiger partial charge on any atom is 0.329 e. The van der Waals surface area contributed by atoms with E-state index in [1.165, 1.54) is 0 Å². The van der Waals surface area contributed by atoms with Crippen molar-refractivity contribution in [2.24, 2.45) is 10.8 Å². The van der Waals surface area contributed by atoms with Crippen molar-refractivity contribution in [1.29, 1.82) is 0 Å². The molecule has 0 aliphatic heterocycles. The first kappa shape index (κ1) is 16.6. The van der Waals surface area contributed by atoms with Crippen molar-refractivity contribution < 1.29 is 9.59 Å². The molecule has 3 N–H and O–H groups in total. The summed E-state index contributed by atoms with van der Waals surface area (Å²) in [6.45, 7) is 2.14. The molecule has 0 atom stereocenters. The molecule has 0 aromatic heterocycles. The number of carbonyl (C=O) groups excluding carboxylic acids is 2. The van der Waals surface area contributed by atoms with Crippen LogP contribution in [0.15, 0.2) is 41.0 Å². The lowest BCUT2D eigenvalue weighted by Crippen LogP contribution is -2.32. The highest BCUT2D eigenvalue weighted by Gasteiger charge is 2.05. The molecular formula is C16H21N3O2. The van der Waals surface area contributed by atoms with E-state index in [1.807, 2.05) is 36.4 Å². The summed E-state index contributed by atoms with van der Waals surface area (Å²) in [5.74, 6) is -1.97. The fourth-order valence-corrected chi connectivity index (χ4v) is 1.75. The van der Waals surface area contributed by atoms with Gasteiger partial charge in [0.05, 0.1) is 6.21 Å². The first-order valence-electron chi connectivity index (χ1n) is 7.02. The molecule has 5 heteroatoms. The van der Waals surface area contributed by atoms with Crippen LogP contribution >= 0.6 is 0 Å². The summed E-state index contributed by atoms with van der Waals surface area (Å²) in [7, 11) is 0. The molecule has 1 aromatic rings. The average Bonchev–Trinajstić information content (AvgIpc) is 2.48. The smallest absolute Gasteiger partial charge is 0.329 e. The molecule has 0 aliphatic rings. The average molecular weight is 287 g/mol. The highest BCUT2D eigenvalue weighted by molar-refractivity contribution is 6.34. The second-order valence-corrected chi connectivity index (χ2v) is 4.65. The van der Waals surface area contributed by atoms with Crippen LogP contribution in [0.5, 0.6) is 0 Å². The summed E-state index contributed by atoms with van der Waals surface area (Å²) in [5, 5.41) is 3.77. The van der Waals surface area contributed by atoms with Crippen LogP contribution in [0, 0.1) is 0 Å². The number of primary amides is 1. The second kappa shape index (κ2) is 9.47. The molecule has 0 saturated heterocycles. The van der Waals surface area contributed by atoms with E-state index >= 15 is 0 Å². The van der Waals surface area contributed by atoms with Gasteiger partial charge in [0.1, 0.15) is 0 Å². The largest absolute Gasteiger partial charge is 0.361 e. The fourth-order valence-electron chi connectivity index (χ4n) is 1.75. The Morgan fingerprint density at radius 3 is 2.57 bits per heavy atom. The Balaban J connectivity index is 2.72. The second-order valence-electron chi connectivity index (χ2n) is 4.65. The Kier molecular flexibility index (Phi) is 7.50. The van der Waals surface area contributed by atoms with Crippen LogP contribution in [0.2, 0.25) is 0 Å². The zero-order valence-corrected chi connectivity index (χ0v) is 12.2. The van der Waals surface area contributed by atoms with Crippen LogP contribution in [0.3, 0.4) is 0 Å². The number of hydrogen-bond acceptors (Lipinski definition) is 3. The van der Waals surface area contributed by atoms with E-state index in [4.69, 9.17) is 5.73 Å². The molecule has 0 fully saturated rings. The van der Waals surface area contributed by atoms with Crippen molar-refractivity contribution in [3.63, 3.8) is 0 Å². The predicted octanol–water partition coefficient (Wildman–Crippen LogP) is 2.24. The molecule has 21 heavy (non-hydrogen) atoms. The van der Waals surface area contributed by atoms with Crippen molar-refractivity contribution in [1.82, 2.24) is 5.43 Å². The van der Waals surface area contributed by atoms with Gasteiger partial charge in [0.2, 0.25) is 0 Å². The van der Waals surface area contributed by atoms with Gasteiger partial charge in [-0.25, -0.2) is 5.43 Å². The number of hydrogen-bond donors (Lipinski definition) is 2. The summed E-state index contributed by atoms with van der Waals surface area (Å²) in [6.07, 6.45) is 7.74. The number of allylic oxidation sites excluding steroid dienone is 1. The van der Waals surface area contributed by atoms with Crippen LogP contribution in [-0.2, 0) is 9.59 Å². The summed E-state index contributed by atoms with van der Waals surface area (Å²) in [6, 6.07) is 9.86. The molecule has 2 amide bonds. The molecule has 1 aromatic carbocycles. The monoisotopic (exact) mass is 287 g/mol. The quantitative estimate of drug-likeness (QED) is 0.349. The number of hydrazone groups is 1. The van der Waals surface area contributed by atoms with Crippen molar-refractivity contribution in [2.75, 3.05) is 0 Å². The number of carbonyl (C=O) groups is 2. The first-order valence-corrected chi connectivity index (χ1v) is 7.02. The molecule has 112 valence electrons. The van der Waals surface area contributed by atoms with Crippen LogP contribution in [0.4, 0.5) is 0 Å². The van der Waals surface area contributed by atoms with Gasteiger partial charge in [-0.2, -0.15) is 5.10 Å². The fraction of sp³-hybridized carbons (Fsp3) is 0.312. The van der Waals surface area contributed by atoms with E-state index < -0.39 is 11.8 Å². The molecule has 0 aliphatic carbocycles. The lowest BCUT2D eigenvalue weighted by atomic mass is 10.1. The molecule has 0 bridgehead atoms. The van der Waals surface area contributed by atoms with Crippen LogP contribution in [0.1, 0.15) is 38.2 Å². The number of benzene rings is 1. The highest BCUT2D eigenvalue weighted by Crippen LogP contribution is 2.12. The standard InChI is InChI=1S/C16H21N3O2/c1-2-3-5-10-14(11-13-8-6-4-7-9-13)12-18-19-16(21)15(17)20/h4,6-9,11-12H,2-3,5,10H2,1H3,(H2,17,20)(H,19,21)/b14-11+,18-12+. The molecule has 0 heterocycles. The zero-order valence-electron chi connectivity index (χ0n) is 12.2. The number of nitrogens with zero attached hydrogens (tertiary/aromatic N) is 1. The molecule has 0 saturated carbocycles. The van der Waals surface area contributed by atoms with Crippen LogP contribution in [0.25, 0.3) is 6.08 Å². The maximum absolute atomic E-state index is 11.0. The van der Waals surface area contributed by atoms with E-state index in [9.17, 15) is 9.59 Å². The Morgan fingerprint density at radius 1 is 1.24 bits per heavy atom. The molecule has 0 unspecified atom stereocenters.